The Morgan fingerprint density at radius 1 is 1.04 bits per heavy atom. The normalized spacial score (nSPS) is 16.5. The van der Waals surface area contributed by atoms with Crippen molar-refractivity contribution in [1.29, 1.82) is 0 Å². The Balaban J connectivity index is 5.66. The molecule has 0 unspecified atom stereocenters. The van der Waals surface area contributed by atoms with E-state index in [0.717, 1.165) is 6.42 Å². The average molecular weight is 431 g/mol. The van der Waals surface area contributed by atoms with E-state index in [9.17, 15) is 5.02 Å². The van der Waals surface area contributed by atoms with Gasteiger partial charge in [-0.2, -0.15) is 0 Å². The fraction of sp³-hybridized carbons (Fsp3) is 0.900. The summed E-state index contributed by atoms with van der Waals surface area (Å²) in [5.74, 6) is 0. The number of hydrogen-bond donors (Lipinski definition) is 3. The van der Waals surface area contributed by atoms with Crippen LogP contribution >= 0.6 is 0 Å². The van der Waals surface area contributed by atoms with Crippen molar-refractivity contribution in [2.45, 2.75) is 103 Å². The van der Waals surface area contributed by atoms with Gasteiger partial charge in [-0.3, -0.25) is 0 Å². The van der Waals surface area contributed by atoms with E-state index in [-0.39, 0.29) is 22.2 Å². The summed E-state index contributed by atoms with van der Waals surface area (Å²) in [6.07, 6.45) is 4.82. The van der Waals surface area contributed by atoms with E-state index >= 15 is 0 Å². The minimum Gasteiger partial charge on any atom is -0.437 e. The van der Waals surface area contributed by atoms with E-state index in [1.54, 1.807) is 6.82 Å². The predicted octanol–water partition coefficient (Wildman–Crippen LogP) is 4.37. The van der Waals surface area contributed by atoms with Crippen LogP contribution in [0.3, 0.4) is 0 Å². The highest BCUT2D eigenvalue weighted by Crippen LogP contribution is 2.39. The molecule has 0 spiro atoms. The van der Waals surface area contributed by atoms with Gasteiger partial charge in [-0.05, 0) is 56.1 Å². The quantitative estimate of drug-likeness (QED) is 0.335. The Hall–Kier alpha value is 0.0387. The molecule has 28 heavy (non-hydrogen) atoms. The van der Waals surface area contributed by atoms with Crippen LogP contribution < -0.4 is 11.0 Å². The molecule has 4 N–H and O–H groups in total. The third kappa shape index (κ3) is 9.24. The van der Waals surface area contributed by atoms with Crippen molar-refractivity contribution in [1.82, 2.24) is 5.23 Å². The molecule has 0 fully saturated rings. The molecule has 0 saturated carbocycles. The first-order valence-electron chi connectivity index (χ1n) is 10.6. The molecule has 0 amide bonds. The molecule has 8 heteroatoms. The Kier molecular flexibility index (Phi) is 10.9. The number of rotatable bonds is 11. The van der Waals surface area contributed by atoms with Gasteiger partial charge in [-0.15, -0.1) is 0 Å². The van der Waals surface area contributed by atoms with Crippen LogP contribution in [0.4, 0.5) is 0 Å². The zero-order valence-corrected chi connectivity index (χ0v) is 22.3. The lowest BCUT2D eigenvalue weighted by Crippen LogP contribution is -2.56. The van der Waals surface area contributed by atoms with Crippen molar-refractivity contribution in [3.63, 3.8) is 0 Å². The summed E-state index contributed by atoms with van der Waals surface area (Å²) in [5.41, 5.74) is 5.67. The highest BCUT2D eigenvalue weighted by atomic mass is 28.4. The highest BCUT2D eigenvalue weighted by Gasteiger charge is 2.42. The fourth-order valence-corrected chi connectivity index (χ4v) is 4.47. The molecule has 2 atom stereocenters. The van der Waals surface area contributed by atoms with Gasteiger partial charge in [0.05, 0.1) is 18.8 Å². The summed E-state index contributed by atoms with van der Waals surface area (Å²) >= 11 is 0. The van der Waals surface area contributed by atoms with Gasteiger partial charge in [0.25, 0.3) is 0 Å². The van der Waals surface area contributed by atoms with E-state index in [0.29, 0.717) is 13.2 Å². The summed E-state index contributed by atoms with van der Waals surface area (Å²) in [4.78, 5) is 0. The lowest BCUT2D eigenvalue weighted by atomic mass is 9.86. The highest BCUT2D eigenvalue weighted by molar-refractivity contribution is 6.74. The second kappa shape index (κ2) is 10.9. The van der Waals surface area contributed by atoms with Crippen molar-refractivity contribution < 1.29 is 13.9 Å². The fourth-order valence-electron chi connectivity index (χ4n) is 2.16. The van der Waals surface area contributed by atoms with Crippen LogP contribution in [0, 0.1) is 0 Å². The number of hydrogen-bond acceptors (Lipinski definition) is 5. The van der Waals surface area contributed by atoms with Gasteiger partial charge in [-0.25, -0.2) is 0 Å². The largest absolute Gasteiger partial charge is 0.437 e. The van der Waals surface area contributed by atoms with E-state index in [4.69, 9.17) is 14.6 Å². The minimum atomic E-state index is -2.00. The number of nitrogens with two attached hydrogens (primary N) is 1. The van der Waals surface area contributed by atoms with Crippen LogP contribution in [0.5, 0.6) is 0 Å². The second-order valence-electron chi connectivity index (χ2n) is 10.9. The van der Waals surface area contributed by atoms with Crippen molar-refractivity contribution in [2.75, 3.05) is 13.2 Å². The molecule has 0 saturated heterocycles. The lowest BCUT2D eigenvalue weighted by Gasteiger charge is -2.42. The maximum atomic E-state index is 10.0. The zero-order chi connectivity index (χ0) is 22.4. The minimum absolute atomic E-state index is 0.0998. The van der Waals surface area contributed by atoms with Crippen molar-refractivity contribution in [3.05, 3.63) is 12.2 Å². The van der Waals surface area contributed by atoms with Gasteiger partial charge >= 0.3 is 7.05 Å². The predicted molar refractivity (Wildman–Crippen MR) is 129 cm³/mol. The summed E-state index contributed by atoms with van der Waals surface area (Å²) in [6.45, 7) is 25.3. The van der Waals surface area contributed by atoms with Crippen LogP contribution in [-0.2, 0) is 8.85 Å². The average Bonchev–Trinajstić information content (AvgIpc) is 2.48. The second-order valence-corrected chi connectivity index (χ2v) is 20.4. The summed E-state index contributed by atoms with van der Waals surface area (Å²) in [7, 11) is -4.55. The maximum Gasteiger partial charge on any atom is 0.373 e. The smallest absolute Gasteiger partial charge is 0.373 e. The molecule has 0 aliphatic carbocycles. The monoisotopic (exact) mass is 430 g/mol. The van der Waals surface area contributed by atoms with Crippen LogP contribution in [0.15, 0.2) is 12.2 Å². The molecule has 0 radical (unpaired) electrons. The van der Waals surface area contributed by atoms with Crippen molar-refractivity contribution in [2.24, 2.45) is 5.73 Å². The van der Waals surface area contributed by atoms with Gasteiger partial charge in [0, 0.05) is 0 Å². The zero-order valence-electron chi connectivity index (χ0n) is 20.3. The van der Waals surface area contributed by atoms with Crippen LogP contribution in [0.1, 0.15) is 48.0 Å². The van der Waals surface area contributed by atoms with Crippen molar-refractivity contribution in [3.8, 4) is 0 Å². The molecule has 0 aliphatic heterocycles. The Morgan fingerprint density at radius 2 is 1.54 bits per heavy atom. The molecule has 0 aromatic rings. The maximum absolute atomic E-state index is 10.0. The molecule has 5 nitrogen and oxygen atoms in total. The molecule has 0 heterocycles. The first kappa shape index (κ1) is 28.0. The van der Waals surface area contributed by atoms with Crippen LogP contribution in [-0.4, -0.2) is 54.0 Å². The molecular formula is C20H47BN2O3Si2. The van der Waals surface area contributed by atoms with Crippen molar-refractivity contribution >= 4 is 23.7 Å². The van der Waals surface area contributed by atoms with Gasteiger partial charge in [-0.1, -0.05) is 53.7 Å². The van der Waals surface area contributed by atoms with E-state index in [1.807, 2.05) is 0 Å². The van der Waals surface area contributed by atoms with Gasteiger partial charge in [0.1, 0.15) is 0 Å². The summed E-state index contributed by atoms with van der Waals surface area (Å²) in [5, 5.41) is 13.6. The molecular weight excluding hydrogens is 383 g/mol. The topological polar surface area (TPSA) is 76.7 Å². The van der Waals surface area contributed by atoms with Gasteiger partial charge in [0.15, 0.2) is 16.6 Å². The third-order valence-electron chi connectivity index (χ3n) is 6.18. The van der Waals surface area contributed by atoms with Gasteiger partial charge in [0.2, 0.25) is 0 Å². The first-order chi connectivity index (χ1) is 12.4. The lowest BCUT2D eigenvalue weighted by molar-refractivity contribution is 0.141. The van der Waals surface area contributed by atoms with Crippen LogP contribution in [0.2, 0.25) is 43.1 Å². The Morgan fingerprint density at radius 3 is 1.93 bits per heavy atom. The standard InChI is InChI=1S/C20H47BN2O3Si2/c1-19(2,3)27(8,9)25-16-17(23-21(7)24)18(14-12-13-15-22)26-28(10,11)20(4,5)6/h12,14,17-18,23-24H,13,15-16,22H2,1-11H3/b14-12+/t17-,18+/m1/s1. The Bertz CT molecular complexity index is 487. The summed E-state index contributed by atoms with van der Waals surface area (Å²) < 4.78 is 13.2. The molecule has 0 aromatic heterocycles. The molecule has 166 valence electrons. The van der Waals surface area contributed by atoms with Crippen LogP contribution in [0.25, 0.3) is 0 Å². The van der Waals surface area contributed by atoms with E-state index < -0.39 is 23.7 Å². The van der Waals surface area contributed by atoms with Gasteiger partial charge < -0.3 is 24.8 Å². The van der Waals surface area contributed by atoms with E-state index in [1.165, 1.54) is 0 Å². The molecule has 0 bridgehead atoms. The summed E-state index contributed by atoms with van der Waals surface area (Å²) in [6, 6.07) is -0.128. The Labute approximate surface area is 177 Å². The molecule has 0 rings (SSSR count). The first-order valence-corrected chi connectivity index (χ1v) is 16.4. The SMILES string of the molecule is CB(O)N[C@H](CO[Si](C)(C)C(C)(C)C)[C@H](/C=C/CCN)O[Si](C)(C)C(C)(C)C. The molecule has 0 aromatic carbocycles. The molecule has 0 aliphatic rings. The third-order valence-corrected chi connectivity index (χ3v) is 15.2. The van der Waals surface area contributed by atoms with E-state index in [2.05, 4.69) is 85.1 Å². The number of nitrogens with one attached hydrogen (secondary N) is 1.